The van der Waals surface area contributed by atoms with Crippen LogP contribution >= 0.6 is 0 Å². The number of benzene rings is 1. The second-order valence-electron chi connectivity index (χ2n) is 4.96. The zero-order chi connectivity index (χ0) is 13.9. The van der Waals surface area contributed by atoms with Crippen molar-refractivity contribution >= 4 is 5.91 Å². The summed E-state index contributed by atoms with van der Waals surface area (Å²) in [4.78, 5) is 12.2. The van der Waals surface area contributed by atoms with Gasteiger partial charge in [-0.3, -0.25) is 4.79 Å². The van der Waals surface area contributed by atoms with E-state index < -0.39 is 0 Å². The van der Waals surface area contributed by atoms with Gasteiger partial charge in [-0.15, -0.1) is 0 Å². The molecule has 0 spiro atoms. The molecular formula is C15H17N3O2. The van der Waals surface area contributed by atoms with E-state index in [1.165, 1.54) is 5.56 Å². The van der Waals surface area contributed by atoms with Crippen LogP contribution in [-0.2, 0) is 13.1 Å². The fraction of sp³-hybridized carbons (Fsp3) is 0.333. The number of hydrogen-bond acceptors (Lipinski definition) is 3. The van der Waals surface area contributed by atoms with Crippen LogP contribution in [0.15, 0.2) is 30.5 Å². The van der Waals surface area contributed by atoms with E-state index in [0.29, 0.717) is 24.6 Å². The molecule has 1 aliphatic rings. The number of aromatic nitrogens is 2. The number of rotatable bonds is 3. The average Bonchev–Trinajstić information content (AvgIpc) is 2.90. The molecule has 1 aromatic heterocycles. The van der Waals surface area contributed by atoms with Crippen molar-refractivity contribution in [3.8, 4) is 5.88 Å². The molecule has 2 heterocycles. The van der Waals surface area contributed by atoms with Crippen LogP contribution in [0.5, 0.6) is 5.88 Å². The number of carbonyl (C=O) groups is 1. The van der Waals surface area contributed by atoms with Gasteiger partial charge in [-0.25, -0.2) is 4.68 Å². The predicted molar refractivity (Wildman–Crippen MR) is 74.7 cm³/mol. The molecule has 0 aliphatic carbocycles. The molecule has 20 heavy (non-hydrogen) atoms. The van der Waals surface area contributed by atoms with Crippen LogP contribution in [0.3, 0.4) is 0 Å². The third-order valence-electron chi connectivity index (χ3n) is 3.36. The van der Waals surface area contributed by atoms with Gasteiger partial charge in [0.15, 0.2) is 0 Å². The minimum absolute atomic E-state index is 0.145. The Morgan fingerprint density at radius 3 is 3.00 bits per heavy atom. The van der Waals surface area contributed by atoms with Crippen LogP contribution < -0.4 is 10.1 Å². The number of carbonyl (C=O) groups excluding carboxylic acids is 1. The molecule has 0 bridgehead atoms. The van der Waals surface area contributed by atoms with Crippen molar-refractivity contribution in [3.05, 3.63) is 47.2 Å². The minimum Gasteiger partial charge on any atom is -0.477 e. The van der Waals surface area contributed by atoms with Gasteiger partial charge in [0.05, 0.1) is 12.8 Å². The van der Waals surface area contributed by atoms with Crippen molar-refractivity contribution in [3.63, 3.8) is 0 Å². The van der Waals surface area contributed by atoms with E-state index >= 15 is 0 Å². The molecule has 104 valence electrons. The average molecular weight is 271 g/mol. The van der Waals surface area contributed by atoms with E-state index in [4.69, 9.17) is 4.74 Å². The topological polar surface area (TPSA) is 56.2 Å². The normalized spacial score (nSPS) is 13.4. The number of nitrogens with one attached hydrogen (secondary N) is 1. The molecule has 0 atom stereocenters. The van der Waals surface area contributed by atoms with Gasteiger partial charge in [0.25, 0.3) is 5.91 Å². The van der Waals surface area contributed by atoms with Crippen molar-refractivity contribution in [1.82, 2.24) is 15.1 Å². The smallest absolute Gasteiger partial charge is 0.258 e. The van der Waals surface area contributed by atoms with Crippen molar-refractivity contribution in [2.75, 3.05) is 6.61 Å². The SMILES string of the molecule is Cc1ccc(CNC(=O)c2cnn3c2OCCC3)cc1. The maximum atomic E-state index is 12.2. The van der Waals surface area contributed by atoms with Crippen molar-refractivity contribution < 1.29 is 9.53 Å². The number of amides is 1. The second-order valence-corrected chi connectivity index (χ2v) is 4.96. The number of fused-ring (bicyclic) bond motifs is 1. The van der Waals surface area contributed by atoms with E-state index in [1.807, 2.05) is 31.2 Å². The van der Waals surface area contributed by atoms with Gasteiger partial charge < -0.3 is 10.1 Å². The molecule has 1 N–H and O–H groups in total. The molecule has 0 radical (unpaired) electrons. The highest BCUT2D eigenvalue weighted by molar-refractivity contribution is 5.96. The largest absolute Gasteiger partial charge is 0.477 e. The van der Waals surface area contributed by atoms with Gasteiger partial charge in [-0.05, 0) is 12.5 Å². The van der Waals surface area contributed by atoms with E-state index in [-0.39, 0.29) is 5.91 Å². The Morgan fingerprint density at radius 1 is 1.40 bits per heavy atom. The van der Waals surface area contributed by atoms with Crippen LogP contribution in [0.2, 0.25) is 0 Å². The Balaban J connectivity index is 1.67. The summed E-state index contributed by atoms with van der Waals surface area (Å²) >= 11 is 0. The van der Waals surface area contributed by atoms with Crippen LogP contribution in [0, 0.1) is 6.92 Å². The summed E-state index contributed by atoms with van der Waals surface area (Å²) in [6.45, 7) is 3.99. The summed E-state index contributed by atoms with van der Waals surface area (Å²) in [6, 6.07) is 8.10. The molecular weight excluding hydrogens is 254 g/mol. The molecule has 3 rings (SSSR count). The Kier molecular flexibility index (Phi) is 3.41. The zero-order valence-electron chi connectivity index (χ0n) is 11.4. The quantitative estimate of drug-likeness (QED) is 0.927. The van der Waals surface area contributed by atoms with Crippen LogP contribution in [0.25, 0.3) is 0 Å². The molecule has 5 heteroatoms. The Morgan fingerprint density at radius 2 is 2.20 bits per heavy atom. The van der Waals surface area contributed by atoms with E-state index in [1.54, 1.807) is 10.9 Å². The summed E-state index contributed by atoms with van der Waals surface area (Å²) in [5.41, 5.74) is 2.79. The van der Waals surface area contributed by atoms with Crippen molar-refractivity contribution in [2.45, 2.75) is 26.4 Å². The first-order valence-corrected chi connectivity index (χ1v) is 6.76. The lowest BCUT2D eigenvalue weighted by Crippen LogP contribution is -2.24. The van der Waals surface area contributed by atoms with Crippen molar-refractivity contribution in [2.24, 2.45) is 0 Å². The Bertz CT molecular complexity index is 617. The first-order valence-electron chi connectivity index (χ1n) is 6.76. The summed E-state index contributed by atoms with van der Waals surface area (Å²) < 4.78 is 7.26. The van der Waals surface area contributed by atoms with Crippen LogP contribution in [0.1, 0.15) is 27.9 Å². The molecule has 1 aliphatic heterocycles. The molecule has 0 saturated heterocycles. The summed E-state index contributed by atoms with van der Waals surface area (Å²) in [7, 11) is 0. The maximum absolute atomic E-state index is 12.2. The Labute approximate surface area is 117 Å². The molecule has 5 nitrogen and oxygen atoms in total. The third kappa shape index (κ3) is 2.52. The highest BCUT2D eigenvalue weighted by Gasteiger charge is 2.21. The fourth-order valence-corrected chi connectivity index (χ4v) is 2.21. The van der Waals surface area contributed by atoms with Gasteiger partial charge in [0, 0.05) is 19.5 Å². The van der Waals surface area contributed by atoms with E-state index in [0.717, 1.165) is 18.5 Å². The summed E-state index contributed by atoms with van der Waals surface area (Å²) in [5.74, 6) is 0.436. The second kappa shape index (κ2) is 5.36. The minimum atomic E-state index is -0.145. The predicted octanol–water partition coefficient (Wildman–Crippen LogP) is 1.90. The third-order valence-corrected chi connectivity index (χ3v) is 3.36. The summed E-state index contributed by atoms with van der Waals surface area (Å²) in [6.07, 6.45) is 2.50. The highest BCUT2D eigenvalue weighted by atomic mass is 16.5. The lowest BCUT2D eigenvalue weighted by Gasteiger charge is -2.15. The molecule has 0 unspecified atom stereocenters. The van der Waals surface area contributed by atoms with Crippen LogP contribution in [-0.4, -0.2) is 22.3 Å². The molecule has 0 fully saturated rings. The zero-order valence-corrected chi connectivity index (χ0v) is 11.4. The van der Waals surface area contributed by atoms with Gasteiger partial charge >= 0.3 is 0 Å². The fourth-order valence-electron chi connectivity index (χ4n) is 2.21. The lowest BCUT2D eigenvalue weighted by atomic mass is 10.1. The summed E-state index contributed by atoms with van der Waals surface area (Å²) in [5, 5.41) is 7.07. The highest BCUT2D eigenvalue weighted by Crippen LogP contribution is 2.22. The monoisotopic (exact) mass is 271 g/mol. The molecule has 1 amide bonds. The van der Waals surface area contributed by atoms with Gasteiger partial charge in [0.1, 0.15) is 5.56 Å². The standard InChI is InChI=1S/C15H17N3O2/c1-11-3-5-12(6-4-11)9-16-14(19)13-10-17-18-7-2-8-20-15(13)18/h3-6,10H,2,7-9H2,1H3,(H,16,19). The van der Waals surface area contributed by atoms with E-state index in [9.17, 15) is 4.79 Å². The molecule has 2 aromatic rings. The number of ether oxygens (including phenoxy) is 1. The van der Waals surface area contributed by atoms with Gasteiger partial charge in [-0.2, -0.15) is 5.10 Å². The van der Waals surface area contributed by atoms with Crippen molar-refractivity contribution in [1.29, 1.82) is 0 Å². The first kappa shape index (κ1) is 12.7. The number of nitrogens with zero attached hydrogens (tertiary/aromatic N) is 2. The number of aryl methyl sites for hydroxylation is 2. The first-order chi connectivity index (χ1) is 9.74. The molecule has 1 aromatic carbocycles. The lowest BCUT2D eigenvalue weighted by molar-refractivity contribution is 0.0944. The van der Waals surface area contributed by atoms with Gasteiger partial charge in [-0.1, -0.05) is 29.8 Å². The Hall–Kier alpha value is -2.30. The molecule has 0 saturated carbocycles. The maximum Gasteiger partial charge on any atom is 0.258 e. The van der Waals surface area contributed by atoms with E-state index in [2.05, 4.69) is 10.4 Å². The van der Waals surface area contributed by atoms with Crippen LogP contribution in [0.4, 0.5) is 0 Å². The number of hydrogen-bond donors (Lipinski definition) is 1. The van der Waals surface area contributed by atoms with Gasteiger partial charge in [0.2, 0.25) is 5.88 Å².